The number of rotatable bonds is 4. The normalized spacial score (nSPS) is 15.0. The van der Waals surface area contributed by atoms with Crippen LogP contribution in [0.1, 0.15) is 19.3 Å². The zero-order chi connectivity index (χ0) is 12.5. The summed E-state index contributed by atoms with van der Waals surface area (Å²) in [4.78, 5) is 10.6. The van der Waals surface area contributed by atoms with Gasteiger partial charge in [-0.15, -0.1) is 0 Å². The highest BCUT2D eigenvalue weighted by molar-refractivity contribution is 5.89. The summed E-state index contributed by atoms with van der Waals surface area (Å²) < 4.78 is 13.3. The lowest BCUT2D eigenvalue weighted by Gasteiger charge is -2.19. The largest absolute Gasteiger partial charge is 0.359 e. The number of anilines is 1. The third kappa shape index (κ3) is 2.28. The Labute approximate surface area is 106 Å². The molecule has 94 valence electrons. The van der Waals surface area contributed by atoms with Gasteiger partial charge in [0, 0.05) is 19.0 Å². The van der Waals surface area contributed by atoms with E-state index in [9.17, 15) is 4.39 Å². The third-order valence-electron chi connectivity index (χ3n) is 3.51. The van der Waals surface area contributed by atoms with Crippen LogP contribution in [0.5, 0.6) is 0 Å². The van der Waals surface area contributed by atoms with Crippen molar-refractivity contribution in [2.24, 2.45) is 5.92 Å². The molecule has 0 aliphatic heterocycles. The molecule has 0 spiro atoms. The molecule has 0 amide bonds. The molecule has 4 heteroatoms. The third-order valence-corrected chi connectivity index (χ3v) is 3.51. The topological polar surface area (TPSA) is 29.0 Å². The van der Waals surface area contributed by atoms with Crippen LogP contribution in [0.4, 0.5) is 10.2 Å². The van der Waals surface area contributed by atoms with Crippen molar-refractivity contribution in [2.75, 3.05) is 18.5 Å². The standard InChI is InChI=1S/C14H16FN3/c1-18(7-6-10-2-3-10)14-12-8-11(15)4-5-13(12)16-9-17-14/h4-5,8-10H,2-3,6-7H2,1H3. The van der Waals surface area contributed by atoms with Crippen LogP contribution in [0.3, 0.4) is 0 Å². The highest BCUT2D eigenvalue weighted by Gasteiger charge is 2.21. The Hall–Kier alpha value is -1.71. The van der Waals surface area contributed by atoms with E-state index in [4.69, 9.17) is 0 Å². The molecule has 0 bridgehead atoms. The second-order valence-corrected chi connectivity index (χ2v) is 5.01. The Balaban J connectivity index is 1.91. The van der Waals surface area contributed by atoms with Gasteiger partial charge in [-0.3, -0.25) is 0 Å². The van der Waals surface area contributed by atoms with E-state index in [2.05, 4.69) is 14.9 Å². The van der Waals surface area contributed by atoms with Crippen molar-refractivity contribution >= 4 is 16.7 Å². The lowest BCUT2D eigenvalue weighted by atomic mass is 10.2. The van der Waals surface area contributed by atoms with E-state index in [1.807, 2.05) is 7.05 Å². The molecule has 0 saturated heterocycles. The van der Waals surface area contributed by atoms with Gasteiger partial charge in [-0.2, -0.15) is 0 Å². The first kappa shape index (κ1) is 11.4. The summed E-state index contributed by atoms with van der Waals surface area (Å²) in [6, 6.07) is 4.65. The molecule has 18 heavy (non-hydrogen) atoms. The molecule has 0 atom stereocenters. The fourth-order valence-electron chi connectivity index (χ4n) is 2.21. The summed E-state index contributed by atoms with van der Waals surface area (Å²) in [5.74, 6) is 1.46. The molecule has 0 unspecified atom stereocenters. The highest BCUT2D eigenvalue weighted by atomic mass is 19.1. The van der Waals surface area contributed by atoms with E-state index >= 15 is 0 Å². The molecular formula is C14H16FN3. The van der Waals surface area contributed by atoms with Crippen LogP contribution in [-0.4, -0.2) is 23.6 Å². The zero-order valence-corrected chi connectivity index (χ0v) is 10.4. The van der Waals surface area contributed by atoms with Gasteiger partial charge in [0.1, 0.15) is 18.0 Å². The first-order valence-electron chi connectivity index (χ1n) is 6.35. The molecule has 1 aliphatic carbocycles. The average molecular weight is 245 g/mol. The Morgan fingerprint density at radius 3 is 2.94 bits per heavy atom. The molecular weight excluding hydrogens is 229 g/mol. The predicted octanol–water partition coefficient (Wildman–Crippen LogP) is 3.01. The van der Waals surface area contributed by atoms with Gasteiger partial charge in [0.25, 0.3) is 0 Å². The second kappa shape index (κ2) is 4.52. The number of halogens is 1. The van der Waals surface area contributed by atoms with Crippen LogP contribution >= 0.6 is 0 Å². The van der Waals surface area contributed by atoms with Gasteiger partial charge >= 0.3 is 0 Å². The van der Waals surface area contributed by atoms with Crippen molar-refractivity contribution in [2.45, 2.75) is 19.3 Å². The maximum atomic E-state index is 13.3. The summed E-state index contributed by atoms with van der Waals surface area (Å²) in [6.45, 7) is 0.966. The van der Waals surface area contributed by atoms with Gasteiger partial charge in [-0.05, 0) is 30.5 Å². The summed E-state index contributed by atoms with van der Waals surface area (Å²) in [5.41, 5.74) is 0.791. The van der Waals surface area contributed by atoms with Gasteiger partial charge in [0.05, 0.1) is 5.52 Å². The molecule has 0 N–H and O–H groups in total. The number of nitrogens with zero attached hydrogens (tertiary/aromatic N) is 3. The van der Waals surface area contributed by atoms with Crippen molar-refractivity contribution in [3.05, 3.63) is 30.3 Å². The summed E-state index contributed by atoms with van der Waals surface area (Å²) in [6.07, 6.45) is 5.44. The molecule has 0 radical (unpaired) electrons. The van der Waals surface area contributed by atoms with Crippen LogP contribution in [0.15, 0.2) is 24.5 Å². The van der Waals surface area contributed by atoms with Crippen LogP contribution in [0.25, 0.3) is 10.9 Å². The molecule has 1 heterocycles. The SMILES string of the molecule is CN(CCC1CC1)c1ncnc2ccc(F)cc12. The Bertz CT molecular complexity index is 566. The zero-order valence-electron chi connectivity index (χ0n) is 10.4. The quantitative estimate of drug-likeness (QED) is 0.829. The number of benzene rings is 1. The maximum Gasteiger partial charge on any atom is 0.139 e. The second-order valence-electron chi connectivity index (χ2n) is 5.01. The van der Waals surface area contributed by atoms with Crippen molar-refractivity contribution in [1.29, 1.82) is 0 Å². The number of fused-ring (bicyclic) bond motifs is 1. The molecule has 1 saturated carbocycles. The fraction of sp³-hybridized carbons (Fsp3) is 0.429. The number of hydrogen-bond acceptors (Lipinski definition) is 3. The molecule has 1 aliphatic rings. The van der Waals surface area contributed by atoms with Crippen LogP contribution < -0.4 is 4.90 Å². The first-order valence-corrected chi connectivity index (χ1v) is 6.35. The number of aromatic nitrogens is 2. The van der Waals surface area contributed by atoms with E-state index in [1.165, 1.54) is 31.4 Å². The predicted molar refractivity (Wildman–Crippen MR) is 70.1 cm³/mol. The minimum atomic E-state index is -0.242. The van der Waals surface area contributed by atoms with E-state index in [0.717, 1.165) is 29.2 Å². The summed E-state index contributed by atoms with van der Waals surface area (Å²) in [5, 5.41) is 0.788. The molecule has 3 rings (SSSR count). The number of hydrogen-bond donors (Lipinski definition) is 0. The molecule has 3 nitrogen and oxygen atoms in total. The minimum Gasteiger partial charge on any atom is -0.359 e. The lowest BCUT2D eigenvalue weighted by Crippen LogP contribution is -2.20. The van der Waals surface area contributed by atoms with Gasteiger partial charge in [-0.1, -0.05) is 12.8 Å². The van der Waals surface area contributed by atoms with E-state index in [1.54, 1.807) is 12.4 Å². The Morgan fingerprint density at radius 2 is 2.17 bits per heavy atom. The molecule has 1 fully saturated rings. The summed E-state index contributed by atoms with van der Waals surface area (Å²) >= 11 is 0. The van der Waals surface area contributed by atoms with Crippen LogP contribution in [0.2, 0.25) is 0 Å². The van der Waals surface area contributed by atoms with Crippen molar-refractivity contribution in [3.63, 3.8) is 0 Å². The van der Waals surface area contributed by atoms with E-state index in [0.29, 0.717) is 0 Å². The smallest absolute Gasteiger partial charge is 0.139 e. The molecule has 1 aromatic heterocycles. The monoisotopic (exact) mass is 245 g/mol. The van der Waals surface area contributed by atoms with Gasteiger partial charge in [0.2, 0.25) is 0 Å². The van der Waals surface area contributed by atoms with Gasteiger partial charge < -0.3 is 4.90 Å². The van der Waals surface area contributed by atoms with Gasteiger partial charge in [-0.25, -0.2) is 14.4 Å². The maximum absolute atomic E-state index is 13.3. The van der Waals surface area contributed by atoms with Gasteiger partial charge in [0.15, 0.2) is 0 Å². The lowest BCUT2D eigenvalue weighted by molar-refractivity contribution is 0.629. The molecule has 2 aromatic rings. The Morgan fingerprint density at radius 1 is 1.33 bits per heavy atom. The van der Waals surface area contributed by atoms with Crippen molar-refractivity contribution < 1.29 is 4.39 Å². The first-order chi connectivity index (χ1) is 8.74. The Kier molecular flexibility index (Phi) is 2.86. The highest BCUT2D eigenvalue weighted by Crippen LogP contribution is 2.33. The average Bonchev–Trinajstić information content (AvgIpc) is 3.19. The van der Waals surface area contributed by atoms with Crippen LogP contribution in [-0.2, 0) is 0 Å². The van der Waals surface area contributed by atoms with E-state index in [-0.39, 0.29) is 5.82 Å². The van der Waals surface area contributed by atoms with Crippen molar-refractivity contribution in [1.82, 2.24) is 9.97 Å². The van der Waals surface area contributed by atoms with E-state index < -0.39 is 0 Å². The minimum absolute atomic E-state index is 0.242. The van der Waals surface area contributed by atoms with Crippen LogP contribution in [0, 0.1) is 11.7 Å². The summed E-state index contributed by atoms with van der Waals surface area (Å²) in [7, 11) is 2.01. The fourth-order valence-corrected chi connectivity index (χ4v) is 2.21. The van der Waals surface area contributed by atoms with Crippen molar-refractivity contribution in [3.8, 4) is 0 Å². The molecule has 1 aromatic carbocycles.